The second-order valence-corrected chi connectivity index (χ2v) is 7.44. The molecule has 0 aromatic heterocycles. The van der Waals surface area contributed by atoms with Gasteiger partial charge in [0.05, 0.1) is 11.5 Å². The fraction of sp³-hybridized carbons (Fsp3) is 0.933. The second kappa shape index (κ2) is 4.52. The average molecular weight is 253 g/mol. The minimum absolute atomic E-state index is 0.0620. The van der Waals surface area contributed by atoms with Crippen molar-refractivity contribution in [1.82, 2.24) is 5.06 Å². The van der Waals surface area contributed by atoms with Gasteiger partial charge in [-0.15, -0.1) is 5.06 Å². The van der Waals surface area contributed by atoms with E-state index < -0.39 is 0 Å². The largest absolute Gasteiger partial charge is 0.366 e. The van der Waals surface area contributed by atoms with Gasteiger partial charge < -0.3 is 4.84 Å². The molecule has 1 saturated heterocycles. The van der Waals surface area contributed by atoms with E-state index in [9.17, 15) is 4.79 Å². The summed E-state index contributed by atoms with van der Waals surface area (Å²) < 4.78 is 0. The Balaban J connectivity index is 2.28. The van der Waals surface area contributed by atoms with E-state index in [0.29, 0.717) is 5.92 Å². The van der Waals surface area contributed by atoms with Gasteiger partial charge in [-0.05, 0) is 53.4 Å². The number of carbonyl (C=O) groups excluding carboxylic acids is 1. The maximum atomic E-state index is 12.1. The molecule has 0 spiro atoms. The highest BCUT2D eigenvalue weighted by molar-refractivity contribution is 5.78. The molecule has 1 aliphatic heterocycles. The summed E-state index contributed by atoms with van der Waals surface area (Å²) in [7, 11) is 0. The van der Waals surface area contributed by atoms with Gasteiger partial charge >= 0.3 is 5.97 Å². The number of hydrogen-bond donors (Lipinski definition) is 0. The topological polar surface area (TPSA) is 29.5 Å². The Hall–Kier alpha value is -0.570. The molecule has 0 aromatic carbocycles. The predicted octanol–water partition coefficient (Wildman–Crippen LogP) is 3.53. The van der Waals surface area contributed by atoms with Crippen LogP contribution in [0.15, 0.2) is 0 Å². The van der Waals surface area contributed by atoms with Crippen LogP contribution >= 0.6 is 0 Å². The third kappa shape index (κ3) is 2.29. The van der Waals surface area contributed by atoms with Crippen LogP contribution in [-0.2, 0) is 9.63 Å². The Bertz CT molecular complexity index is 324. The van der Waals surface area contributed by atoms with Crippen molar-refractivity contribution in [3.05, 3.63) is 0 Å². The van der Waals surface area contributed by atoms with Crippen LogP contribution in [0, 0.1) is 11.3 Å². The van der Waals surface area contributed by atoms with Gasteiger partial charge in [0.15, 0.2) is 0 Å². The first kappa shape index (κ1) is 13.9. The summed E-state index contributed by atoms with van der Waals surface area (Å²) in [6.45, 7) is 10.5. The minimum Gasteiger partial charge on any atom is -0.366 e. The standard InChI is InChI=1S/C15H27NO2/c1-14(2,3)16-12(11-9-7-6-8-10-11)15(4,5)13(17)18-16/h11-12H,6-10H2,1-5H3/t12-/m0/s1. The number of hydroxylamine groups is 2. The lowest BCUT2D eigenvalue weighted by molar-refractivity contribution is -0.205. The van der Waals surface area contributed by atoms with Crippen LogP contribution in [0.25, 0.3) is 0 Å². The van der Waals surface area contributed by atoms with E-state index in [1.165, 1.54) is 32.1 Å². The van der Waals surface area contributed by atoms with Crippen LogP contribution in [0.1, 0.15) is 66.7 Å². The van der Waals surface area contributed by atoms with E-state index in [1.54, 1.807) is 0 Å². The van der Waals surface area contributed by atoms with Crippen LogP contribution in [0.4, 0.5) is 0 Å². The fourth-order valence-electron chi connectivity index (χ4n) is 3.46. The van der Waals surface area contributed by atoms with E-state index in [-0.39, 0.29) is 23.0 Å². The molecular weight excluding hydrogens is 226 g/mol. The number of carbonyl (C=O) groups is 1. The lowest BCUT2D eigenvalue weighted by Gasteiger charge is -2.41. The van der Waals surface area contributed by atoms with Crippen molar-refractivity contribution in [2.24, 2.45) is 11.3 Å². The predicted molar refractivity (Wildman–Crippen MR) is 71.8 cm³/mol. The van der Waals surface area contributed by atoms with Crippen molar-refractivity contribution in [1.29, 1.82) is 0 Å². The van der Waals surface area contributed by atoms with Gasteiger partial charge in [-0.25, -0.2) is 4.79 Å². The molecule has 104 valence electrons. The fourth-order valence-corrected chi connectivity index (χ4v) is 3.46. The highest BCUT2D eigenvalue weighted by Gasteiger charge is 2.56. The smallest absolute Gasteiger partial charge is 0.332 e. The van der Waals surface area contributed by atoms with Crippen LogP contribution in [0.2, 0.25) is 0 Å². The van der Waals surface area contributed by atoms with Gasteiger partial charge in [0.25, 0.3) is 0 Å². The third-order valence-corrected chi connectivity index (χ3v) is 4.46. The zero-order chi connectivity index (χ0) is 13.6. The van der Waals surface area contributed by atoms with Gasteiger partial charge in [0.2, 0.25) is 0 Å². The first-order chi connectivity index (χ1) is 8.24. The van der Waals surface area contributed by atoms with Crippen molar-refractivity contribution < 1.29 is 9.63 Å². The summed E-state index contributed by atoms with van der Waals surface area (Å²) >= 11 is 0. The summed E-state index contributed by atoms with van der Waals surface area (Å²) in [6, 6.07) is 0.227. The molecule has 1 heterocycles. The Kier molecular flexibility index (Phi) is 3.48. The first-order valence-corrected chi connectivity index (χ1v) is 7.26. The molecule has 2 rings (SSSR count). The molecular formula is C15H27NO2. The van der Waals surface area contributed by atoms with Gasteiger partial charge in [-0.1, -0.05) is 19.3 Å². The molecule has 0 amide bonds. The summed E-state index contributed by atoms with van der Waals surface area (Å²) in [6.07, 6.45) is 6.40. The molecule has 0 unspecified atom stereocenters. The van der Waals surface area contributed by atoms with E-state index in [0.717, 1.165) is 0 Å². The zero-order valence-electron chi connectivity index (χ0n) is 12.5. The highest BCUT2D eigenvalue weighted by Crippen LogP contribution is 2.45. The molecule has 0 N–H and O–H groups in total. The SMILES string of the molecule is CC1(C)C(=O)ON(C(C)(C)C)[C@H]1C1CCCCC1. The maximum Gasteiger partial charge on any atom is 0.332 e. The van der Waals surface area contributed by atoms with Crippen LogP contribution < -0.4 is 0 Å². The normalized spacial score (nSPS) is 30.5. The molecule has 0 aromatic rings. The Labute approximate surface area is 111 Å². The van der Waals surface area contributed by atoms with Crippen molar-refractivity contribution in [2.75, 3.05) is 0 Å². The molecule has 1 aliphatic carbocycles. The van der Waals surface area contributed by atoms with Crippen molar-refractivity contribution in [3.8, 4) is 0 Å². The lowest BCUT2D eigenvalue weighted by atomic mass is 9.72. The molecule has 3 heteroatoms. The molecule has 0 radical (unpaired) electrons. The summed E-state index contributed by atoms with van der Waals surface area (Å²) in [5.41, 5.74) is -0.499. The van der Waals surface area contributed by atoms with Crippen molar-refractivity contribution >= 4 is 5.97 Å². The van der Waals surface area contributed by atoms with E-state index in [4.69, 9.17) is 4.84 Å². The molecule has 18 heavy (non-hydrogen) atoms. The first-order valence-electron chi connectivity index (χ1n) is 7.26. The van der Waals surface area contributed by atoms with Crippen LogP contribution in [0.3, 0.4) is 0 Å². The Morgan fingerprint density at radius 2 is 1.72 bits per heavy atom. The molecule has 0 bridgehead atoms. The molecule has 1 atom stereocenters. The molecule has 3 nitrogen and oxygen atoms in total. The zero-order valence-corrected chi connectivity index (χ0v) is 12.5. The maximum absolute atomic E-state index is 12.1. The Morgan fingerprint density at radius 3 is 2.22 bits per heavy atom. The summed E-state index contributed by atoms with van der Waals surface area (Å²) in [4.78, 5) is 17.7. The number of hydrogen-bond acceptors (Lipinski definition) is 3. The van der Waals surface area contributed by atoms with E-state index >= 15 is 0 Å². The minimum atomic E-state index is -0.380. The second-order valence-electron chi connectivity index (χ2n) is 7.44. The van der Waals surface area contributed by atoms with Crippen LogP contribution in [-0.4, -0.2) is 22.6 Å². The van der Waals surface area contributed by atoms with E-state index in [1.807, 2.05) is 18.9 Å². The van der Waals surface area contributed by atoms with Crippen LogP contribution in [0.5, 0.6) is 0 Å². The monoisotopic (exact) mass is 253 g/mol. The third-order valence-electron chi connectivity index (χ3n) is 4.46. The summed E-state index contributed by atoms with van der Waals surface area (Å²) in [5.74, 6) is 0.535. The molecule has 2 aliphatic rings. The summed E-state index contributed by atoms with van der Waals surface area (Å²) in [5, 5.41) is 1.98. The van der Waals surface area contributed by atoms with Gasteiger partial charge in [0, 0.05) is 5.54 Å². The number of rotatable bonds is 1. The highest BCUT2D eigenvalue weighted by atomic mass is 16.7. The quantitative estimate of drug-likeness (QED) is 0.716. The lowest BCUT2D eigenvalue weighted by Crippen LogP contribution is -2.51. The average Bonchev–Trinajstić information content (AvgIpc) is 2.51. The van der Waals surface area contributed by atoms with Gasteiger partial charge in [-0.3, -0.25) is 0 Å². The van der Waals surface area contributed by atoms with Gasteiger partial charge in [-0.2, -0.15) is 0 Å². The van der Waals surface area contributed by atoms with Crippen molar-refractivity contribution in [3.63, 3.8) is 0 Å². The molecule has 2 fully saturated rings. The number of nitrogens with zero attached hydrogens (tertiary/aromatic N) is 1. The van der Waals surface area contributed by atoms with Crippen molar-refractivity contribution in [2.45, 2.75) is 78.3 Å². The molecule has 1 saturated carbocycles. The Morgan fingerprint density at radius 1 is 1.17 bits per heavy atom. The van der Waals surface area contributed by atoms with Gasteiger partial charge in [0.1, 0.15) is 0 Å². The van der Waals surface area contributed by atoms with E-state index in [2.05, 4.69) is 20.8 Å².